The summed E-state index contributed by atoms with van der Waals surface area (Å²) in [7, 11) is 0. The number of nitrogens with one attached hydrogen (secondary N) is 1. The van der Waals surface area contributed by atoms with E-state index in [1.807, 2.05) is 0 Å². The lowest BCUT2D eigenvalue weighted by molar-refractivity contribution is 0.252. The first-order valence-electron chi connectivity index (χ1n) is 2.95. The van der Waals surface area contributed by atoms with Crippen LogP contribution in [0.3, 0.4) is 0 Å². The fourth-order valence-electron chi connectivity index (χ4n) is 0.994. The fourth-order valence-corrected chi connectivity index (χ4v) is 0.994. The number of rotatable bonds is 1. The lowest BCUT2D eigenvalue weighted by Crippen LogP contribution is -2.37. The number of hydrogen-bond acceptors (Lipinski definition) is 3. The van der Waals surface area contributed by atoms with Gasteiger partial charge >= 0.3 is 0 Å². The van der Waals surface area contributed by atoms with Crippen LogP contribution in [0.4, 0.5) is 0 Å². The van der Waals surface area contributed by atoms with Crippen molar-refractivity contribution in [3.05, 3.63) is 0 Å². The van der Waals surface area contributed by atoms with Crippen LogP contribution in [-0.2, 0) is 0 Å². The van der Waals surface area contributed by atoms with Crippen molar-refractivity contribution in [2.24, 2.45) is 5.73 Å². The monoisotopic (exact) mass is 116 g/mol. The quantitative estimate of drug-likeness (QED) is 0.412. The predicted octanol–water partition coefficient (Wildman–Crippen LogP) is -0.985. The van der Waals surface area contributed by atoms with Crippen LogP contribution in [0.25, 0.3) is 0 Å². The van der Waals surface area contributed by atoms with Crippen molar-refractivity contribution in [2.75, 3.05) is 6.61 Å². The molecule has 1 fully saturated rings. The van der Waals surface area contributed by atoms with Gasteiger partial charge in [0.15, 0.2) is 0 Å². The van der Waals surface area contributed by atoms with Crippen molar-refractivity contribution in [1.82, 2.24) is 5.32 Å². The minimum Gasteiger partial charge on any atom is -0.395 e. The molecule has 0 aliphatic carbocycles. The second-order valence-corrected chi connectivity index (χ2v) is 2.23. The Morgan fingerprint density at radius 1 is 1.62 bits per heavy atom. The highest BCUT2D eigenvalue weighted by atomic mass is 16.3. The molecular formula is C5H12N2O. The minimum absolute atomic E-state index is 0.118. The van der Waals surface area contributed by atoms with Gasteiger partial charge < -0.3 is 10.8 Å². The van der Waals surface area contributed by atoms with Crippen molar-refractivity contribution < 1.29 is 5.11 Å². The van der Waals surface area contributed by atoms with Gasteiger partial charge in [-0.3, -0.25) is 5.32 Å². The molecule has 0 saturated carbocycles. The van der Waals surface area contributed by atoms with Gasteiger partial charge in [0.05, 0.1) is 12.8 Å². The van der Waals surface area contributed by atoms with Crippen LogP contribution in [0, 0.1) is 0 Å². The summed E-state index contributed by atoms with van der Waals surface area (Å²) >= 11 is 0. The smallest absolute Gasteiger partial charge is 0.0585 e. The van der Waals surface area contributed by atoms with Gasteiger partial charge in [0.25, 0.3) is 0 Å². The zero-order chi connectivity index (χ0) is 5.98. The molecule has 1 aliphatic rings. The average Bonchev–Trinajstić information content (AvgIpc) is 2.14. The van der Waals surface area contributed by atoms with Crippen molar-refractivity contribution in [2.45, 2.75) is 25.0 Å². The molecular weight excluding hydrogens is 104 g/mol. The minimum atomic E-state index is 0.118. The van der Waals surface area contributed by atoms with Crippen LogP contribution in [0.1, 0.15) is 12.8 Å². The Kier molecular flexibility index (Phi) is 1.83. The van der Waals surface area contributed by atoms with Gasteiger partial charge in [-0.1, -0.05) is 0 Å². The molecule has 2 unspecified atom stereocenters. The van der Waals surface area contributed by atoms with Crippen molar-refractivity contribution in [3.63, 3.8) is 0 Å². The summed E-state index contributed by atoms with van der Waals surface area (Å²) in [6.07, 6.45) is 2.12. The molecule has 2 atom stereocenters. The van der Waals surface area contributed by atoms with E-state index in [0.29, 0.717) is 0 Å². The van der Waals surface area contributed by atoms with E-state index >= 15 is 0 Å². The van der Waals surface area contributed by atoms with E-state index in [-0.39, 0.29) is 18.8 Å². The van der Waals surface area contributed by atoms with Gasteiger partial charge in [-0.15, -0.1) is 0 Å². The summed E-state index contributed by atoms with van der Waals surface area (Å²) in [6.45, 7) is 0.216. The molecule has 0 spiro atoms. The van der Waals surface area contributed by atoms with E-state index in [1.54, 1.807) is 0 Å². The molecule has 0 aromatic heterocycles. The molecule has 1 heterocycles. The maximum Gasteiger partial charge on any atom is 0.0585 e. The molecule has 3 heteroatoms. The van der Waals surface area contributed by atoms with E-state index in [0.717, 1.165) is 12.8 Å². The van der Waals surface area contributed by atoms with Crippen LogP contribution in [0.5, 0.6) is 0 Å². The van der Waals surface area contributed by atoms with Crippen LogP contribution in [-0.4, -0.2) is 23.9 Å². The van der Waals surface area contributed by atoms with E-state index < -0.39 is 0 Å². The van der Waals surface area contributed by atoms with Gasteiger partial charge in [0.2, 0.25) is 0 Å². The second-order valence-electron chi connectivity index (χ2n) is 2.23. The molecule has 3 nitrogen and oxygen atoms in total. The Balaban J connectivity index is 2.22. The Morgan fingerprint density at radius 2 is 2.38 bits per heavy atom. The summed E-state index contributed by atoms with van der Waals surface area (Å²) in [6, 6.07) is 0.255. The largest absolute Gasteiger partial charge is 0.395 e. The fraction of sp³-hybridized carbons (Fsp3) is 1.00. The average molecular weight is 116 g/mol. The van der Waals surface area contributed by atoms with Gasteiger partial charge in [0, 0.05) is 6.04 Å². The van der Waals surface area contributed by atoms with Crippen LogP contribution >= 0.6 is 0 Å². The summed E-state index contributed by atoms with van der Waals surface area (Å²) < 4.78 is 0. The molecule has 1 rings (SSSR count). The number of hydrogen-bond donors (Lipinski definition) is 3. The number of aliphatic hydroxyl groups is 1. The molecule has 1 saturated heterocycles. The topological polar surface area (TPSA) is 58.3 Å². The molecule has 48 valence electrons. The highest BCUT2D eigenvalue weighted by molar-refractivity contribution is 4.78. The van der Waals surface area contributed by atoms with Crippen molar-refractivity contribution in [3.8, 4) is 0 Å². The maximum atomic E-state index is 8.57. The zero-order valence-corrected chi connectivity index (χ0v) is 4.80. The summed E-state index contributed by atoms with van der Waals surface area (Å²) in [5.41, 5.74) is 5.48. The molecule has 1 aliphatic heterocycles. The third kappa shape index (κ3) is 1.18. The van der Waals surface area contributed by atoms with Gasteiger partial charge in [-0.05, 0) is 12.8 Å². The number of aliphatic hydroxyl groups excluding tert-OH is 1. The van der Waals surface area contributed by atoms with Crippen LogP contribution in [0.15, 0.2) is 0 Å². The molecule has 8 heavy (non-hydrogen) atoms. The van der Waals surface area contributed by atoms with Crippen molar-refractivity contribution >= 4 is 0 Å². The van der Waals surface area contributed by atoms with Crippen LogP contribution < -0.4 is 11.1 Å². The van der Waals surface area contributed by atoms with Gasteiger partial charge in [0.1, 0.15) is 0 Å². The SMILES string of the molecule is NC1CCC(CO)N1. The van der Waals surface area contributed by atoms with Crippen LogP contribution in [0.2, 0.25) is 0 Å². The Morgan fingerprint density at radius 3 is 2.62 bits per heavy atom. The Hall–Kier alpha value is -0.120. The third-order valence-electron chi connectivity index (χ3n) is 1.50. The standard InChI is InChI=1S/C5H12N2O/c6-5-2-1-4(3-8)7-5/h4-5,7-8H,1-3,6H2. The highest BCUT2D eigenvalue weighted by Crippen LogP contribution is 2.06. The zero-order valence-electron chi connectivity index (χ0n) is 4.80. The third-order valence-corrected chi connectivity index (χ3v) is 1.50. The van der Waals surface area contributed by atoms with Gasteiger partial charge in [-0.2, -0.15) is 0 Å². The Labute approximate surface area is 48.9 Å². The first kappa shape index (κ1) is 6.01. The summed E-state index contributed by atoms with van der Waals surface area (Å²) in [5.74, 6) is 0. The normalized spacial score (nSPS) is 38.2. The molecule has 0 aromatic rings. The molecule has 0 radical (unpaired) electrons. The van der Waals surface area contributed by atoms with Crippen molar-refractivity contribution in [1.29, 1.82) is 0 Å². The second kappa shape index (κ2) is 2.44. The maximum absolute atomic E-state index is 8.57. The first-order chi connectivity index (χ1) is 3.83. The summed E-state index contributed by atoms with van der Waals surface area (Å²) in [4.78, 5) is 0. The van der Waals surface area contributed by atoms with E-state index in [1.165, 1.54) is 0 Å². The predicted molar refractivity (Wildman–Crippen MR) is 31.2 cm³/mol. The van der Waals surface area contributed by atoms with E-state index in [2.05, 4.69) is 5.32 Å². The summed E-state index contributed by atoms with van der Waals surface area (Å²) in [5, 5.41) is 11.6. The lowest BCUT2D eigenvalue weighted by atomic mass is 10.2. The first-order valence-corrected chi connectivity index (χ1v) is 2.95. The van der Waals surface area contributed by atoms with Gasteiger partial charge in [-0.25, -0.2) is 0 Å². The Bertz CT molecular complexity index is 76.8. The molecule has 0 aromatic carbocycles. The highest BCUT2D eigenvalue weighted by Gasteiger charge is 2.18. The lowest BCUT2D eigenvalue weighted by Gasteiger charge is -2.05. The van der Waals surface area contributed by atoms with E-state index in [9.17, 15) is 0 Å². The molecule has 4 N–H and O–H groups in total. The van der Waals surface area contributed by atoms with E-state index in [4.69, 9.17) is 10.8 Å². The molecule has 0 amide bonds. The molecule has 0 bridgehead atoms. The number of nitrogens with two attached hydrogens (primary N) is 1.